The van der Waals surface area contributed by atoms with Crippen LogP contribution in [0.2, 0.25) is 0 Å². The second-order valence-electron chi connectivity index (χ2n) is 5.77. The van der Waals surface area contributed by atoms with Crippen molar-refractivity contribution in [2.45, 2.75) is 13.3 Å². The average Bonchev–Trinajstić information content (AvgIpc) is 3.17. The number of hydrogen-bond donors (Lipinski definition) is 2. The molecule has 0 aliphatic carbocycles. The van der Waals surface area contributed by atoms with Gasteiger partial charge in [0.2, 0.25) is 0 Å². The fraction of sp³-hybridized carbons (Fsp3) is 0.263. The first-order valence-electron chi connectivity index (χ1n) is 8.30. The number of carbonyl (C=O) groups is 2. The summed E-state index contributed by atoms with van der Waals surface area (Å²) in [5.74, 6) is 1.45. The Morgan fingerprint density at radius 2 is 2.12 bits per heavy atom. The Labute approximate surface area is 156 Å². The minimum absolute atomic E-state index is 0.198. The molecule has 2 N–H and O–H groups in total. The zero-order valence-electron chi connectivity index (χ0n) is 14.4. The summed E-state index contributed by atoms with van der Waals surface area (Å²) in [4.78, 5) is 24.6. The second kappa shape index (κ2) is 8.62. The molecule has 6 nitrogen and oxygen atoms in total. The Morgan fingerprint density at radius 3 is 2.85 bits per heavy atom. The van der Waals surface area contributed by atoms with Crippen molar-refractivity contribution in [1.29, 1.82) is 0 Å². The number of benzene rings is 1. The standard InChI is InChI=1S/C19H20N2O4S/c1-13-4-5-14(18(22)20-7-6-15-3-2-8-24-15)11-16(13)21-19(23)17-12-26-10-9-25-17/h2-5,8,11-12H,6-7,9-10H2,1H3,(H,20,22)(H,21,23). The van der Waals surface area contributed by atoms with E-state index in [1.807, 2.05) is 25.1 Å². The van der Waals surface area contributed by atoms with Crippen LogP contribution in [-0.2, 0) is 16.0 Å². The maximum absolute atomic E-state index is 12.3. The van der Waals surface area contributed by atoms with Gasteiger partial charge in [0.05, 0.1) is 12.9 Å². The lowest BCUT2D eigenvalue weighted by Crippen LogP contribution is -2.26. The predicted octanol–water partition coefficient (Wildman–Crippen LogP) is 3.10. The predicted molar refractivity (Wildman–Crippen MR) is 101 cm³/mol. The Bertz CT molecular complexity index is 815. The molecule has 0 atom stereocenters. The number of anilines is 1. The van der Waals surface area contributed by atoms with E-state index >= 15 is 0 Å². The molecule has 3 rings (SSSR count). The number of ether oxygens (including phenoxy) is 1. The van der Waals surface area contributed by atoms with Crippen molar-refractivity contribution in [3.63, 3.8) is 0 Å². The summed E-state index contributed by atoms with van der Waals surface area (Å²) in [7, 11) is 0. The van der Waals surface area contributed by atoms with Crippen LogP contribution in [0.25, 0.3) is 0 Å². The molecule has 2 amide bonds. The smallest absolute Gasteiger partial charge is 0.291 e. The van der Waals surface area contributed by atoms with Crippen LogP contribution in [0.15, 0.2) is 52.2 Å². The van der Waals surface area contributed by atoms with Crippen LogP contribution < -0.4 is 10.6 Å². The van der Waals surface area contributed by atoms with E-state index in [0.717, 1.165) is 17.1 Å². The molecule has 1 aliphatic rings. The molecule has 0 bridgehead atoms. The molecule has 0 radical (unpaired) electrons. The van der Waals surface area contributed by atoms with Crippen molar-refractivity contribution < 1.29 is 18.7 Å². The molecular weight excluding hydrogens is 352 g/mol. The van der Waals surface area contributed by atoms with Crippen molar-refractivity contribution in [3.05, 3.63) is 64.6 Å². The first-order chi connectivity index (χ1) is 12.6. The molecule has 1 aliphatic heterocycles. The quantitative estimate of drug-likeness (QED) is 0.814. The van der Waals surface area contributed by atoms with Gasteiger partial charge < -0.3 is 19.8 Å². The van der Waals surface area contributed by atoms with Gasteiger partial charge >= 0.3 is 0 Å². The molecule has 0 spiro atoms. The molecular formula is C19H20N2O4S. The van der Waals surface area contributed by atoms with Crippen LogP contribution >= 0.6 is 11.8 Å². The van der Waals surface area contributed by atoms with E-state index in [4.69, 9.17) is 9.15 Å². The zero-order chi connectivity index (χ0) is 18.4. The topological polar surface area (TPSA) is 80.6 Å². The van der Waals surface area contributed by atoms with E-state index < -0.39 is 0 Å². The summed E-state index contributed by atoms with van der Waals surface area (Å²) in [5.41, 5.74) is 1.95. The van der Waals surface area contributed by atoms with Gasteiger partial charge in [0.15, 0.2) is 5.76 Å². The molecule has 0 saturated heterocycles. The zero-order valence-corrected chi connectivity index (χ0v) is 15.2. The van der Waals surface area contributed by atoms with Gasteiger partial charge in [-0.15, -0.1) is 11.8 Å². The molecule has 26 heavy (non-hydrogen) atoms. The van der Waals surface area contributed by atoms with Crippen LogP contribution in [0.5, 0.6) is 0 Å². The van der Waals surface area contributed by atoms with E-state index in [1.54, 1.807) is 35.6 Å². The third-order valence-corrected chi connectivity index (χ3v) is 4.64. The Hall–Kier alpha value is -2.67. The van der Waals surface area contributed by atoms with Crippen LogP contribution in [0, 0.1) is 6.92 Å². The first-order valence-corrected chi connectivity index (χ1v) is 9.35. The van der Waals surface area contributed by atoms with E-state index in [2.05, 4.69) is 10.6 Å². The van der Waals surface area contributed by atoms with E-state index in [-0.39, 0.29) is 11.8 Å². The average molecular weight is 372 g/mol. The van der Waals surface area contributed by atoms with Crippen molar-refractivity contribution in [2.24, 2.45) is 0 Å². The number of thioether (sulfide) groups is 1. The van der Waals surface area contributed by atoms with Gasteiger partial charge in [0.1, 0.15) is 5.76 Å². The number of hydrogen-bond acceptors (Lipinski definition) is 5. The highest BCUT2D eigenvalue weighted by Gasteiger charge is 2.16. The summed E-state index contributed by atoms with van der Waals surface area (Å²) >= 11 is 1.54. The Morgan fingerprint density at radius 1 is 1.23 bits per heavy atom. The number of furan rings is 1. The van der Waals surface area contributed by atoms with Crippen LogP contribution in [0.3, 0.4) is 0 Å². The number of rotatable bonds is 6. The van der Waals surface area contributed by atoms with Gasteiger partial charge in [-0.05, 0) is 36.8 Å². The summed E-state index contributed by atoms with van der Waals surface area (Å²) in [6.07, 6.45) is 2.23. The fourth-order valence-electron chi connectivity index (χ4n) is 2.43. The summed E-state index contributed by atoms with van der Waals surface area (Å²) in [5, 5.41) is 7.37. The third-order valence-electron chi connectivity index (χ3n) is 3.86. The summed E-state index contributed by atoms with van der Waals surface area (Å²) < 4.78 is 10.6. The van der Waals surface area contributed by atoms with Gasteiger partial charge in [-0.2, -0.15) is 0 Å². The molecule has 136 valence electrons. The summed E-state index contributed by atoms with van der Waals surface area (Å²) in [6, 6.07) is 8.90. The highest BCUT2D eigenvalue weighted by atomic mass is 32.2. The maximum atomic E-state index is 12.3. The molecule has 1 aromatic heterocycles. The third kappa shape index (κ3) is 4.70. The molecule has 7 heteroatoms. The van der Waals surface area contributed by atoms with Crippen LogP contribution in [0.4, 0.5) is 5.69 Å². The van der Waals surface area contributed by atoms with Gasteiger partial charge in [0.25, 0.3) is 11.8 Å². The molecule has 0 fully saturated rings. The number of amides is 2. The largest absolute Gasteiger partial charge is 0.487 e. The minimum atomic E-state index is -0.310. The van der Waals surface area contributed by atoms with Crippen molar-refractivity contribution in [1.82, 2.24) is 5.32 Å². The molecule has 1 aromatic carbocycles. The lowest BCUT2D eigenvalue weighted by Gasteiger charge is -2.15. The SMILES string of the molecule is Cc1ccc(C(=O)NCCc2ccco2)cc1NC(=O)C1=CSCCO1. The normalized spacial score (nSPS) is 13.5. The van der Waals surface area contributed by atoms with Gasteiger partial charge in [-0.25, -0.2) is 0 Å². The maximum Gasteiger partial charge on any atom is 0.291 e. The molecule has 2 heterocycles. The van der Waals surface area contributed by atoms with Crippen LogP contribution in [0.1, 0.15) is 21.7 Å². The number of nitrogens with one attached hydrogen (secondary N) is 2. The van der Waals surface area contributed by atoms with E-state index in [9.17, 15) is 9.59 Å². The second-order valence-corrected chi connectivity index (χ2v) is 6.75. The molecule has 0 saturated carbocycles. The number of carbonyl (C=O) groups excluding carboxylic acids is 2. The Kier molecular flexibility index (Phi) is 6.01. The monoisotopic (exact) mass is 372 g/mol. The van der Waals surface area contributed by atoms with Crippen molar-refractivity contribution >= 4 is 29.3 Å². The lowest BCUT2D eigenvalue weighted by molar-refractivity contribution is -0.116. The minimum Gasteiger partial charge on any atom is -0.487 e. The molecule has 2 aromatic rings. The first kappa shape index (κ1) is 18.1. The van der Waals surface area contributed by atoms with E-state index in [0.29, 0.717) is 36.6 Å². The lowest BCUT2D eigenvalue weighted by atomic mass is 10.1. The highest BCUT2D eigenvalue weighted by Crippen LogP contribution is 2.20. The fourth-order valence-corrected chi connectivity index (χ4v) is 3.05. The van der Waals surface area contributed by atoms with Crippen LogP contribution in [-0.4, -0.2) is 30.7 Å². The van der Waals surface area contributed by atoms with Crippen molar-refractivity contribution in [3.8, 4) is 0 Å². The molecule has 0 unspecified atom stereocenters. The van der Waals surface area contributed by atoms with Gasteiger partial charge in [-0.1, -0.05) is 6.07 Å². The highest BCUT2D eigenvalue weighted by molar-refractivity contribution is 8.02. The van der Waals surface area contributed by atoms with E-state index in [1.165, 1.54) is 0 Å². The van der Waals surface area contributed by atoms with Crippen molar-refractivity contribution in [2.75, 3.05) is 24.2 Å². The summed E-state index contributed by atoms with van der Waals surface area (Å²) in [6.45, 7) is 2.86. The Balaban J connectivity index is 1.61. The number of aryl methyl sites for hydroxylation is 1. The van der Waals surface area contributed by atoms with Gasteiger partial charge in [0, 0.05) is 35.4 Å². The van der Waals surface area contributed by atoms with Gasteiger partial charge in [-0.3, -0.25) is 9.59 Å².